The molecule has 3 aliphatic rings. The number of aromatic nitrogens is 3. The lowest BCUT2D eigenvalue weighted by atomic mass is 10.1. The third-order valence-electron chi connectivity index (χ3n) is 4.89. The van der Waals surface area contributed by atoms with Crippen molar-refractivity contribution in [3.63, 3.8) is 0 Å². The van der Waals surface area contributed by atoms with E-state index in [2.05, 4.69) is 25.0 Å². The largest absolute Gasteiger partial charge is 0.380 e. The molecule has 2 aromatic rings. The fraction of sp³-hybridized carbons (Fsp3) is 0.438. The molecule has 2 atom stereocenters. The SMILES string of the molecule is Nc1nnc(Cl)cc1N1CC2CCCC1CN2c1ccnc(F)c1. The van der Waals surface area contributed by atoms with E-state index in [4.69, 9.17) is 17.3 Å². The zero-order valence-corrected chi connectivity index (χ0v) is 13.8. The Morgan fingerprint density at radius 1 is 1.12 bits per heavy atom. The van der Waals surface area contributed by atoms with Gasteiger partial charge in [-0.2, -0.15) is 4.39 Å². The van der Waals surface area contributed by atoms with Crippen molar-refractivity contribution >= 4 is 28.8 Å². The number of halogens is 2. The lowest BCUT2D eigenvalue weighted by Gasteiger charge is -2.46. The van der Waals surface area contributed by atoms with Crippen molar-refractivity contribution in [3.8, 4) is 0 Å². The minimum atomic E-state index is -0.446. The average molecular weight is 349 g/mol. The van der Waals surface area contributed by atoms with E-state index in [1.807, 2.05) is 6.07 Å². The summed E-state index contributed by atoms with van der Waals surface area (Å²) in [5.41, 5.74) is 7.75. The summed E-state index contributed by atoms with van der Waals surface area (Å²) in [5.74, 6) is -0.0488. The van der Waals surface area contributed by atoms with Crippen LogP contribution >= 0.6 is 11.6 Å². The van der Waals surface area contributed by atoms with E-state index >= 15 is 0 Å². The van der Waals surface area contributed by atoms with Crippen LogP contribution in [0, 0.1) is 5.95 Å². The number of rotatable bonds is 2. The van der Waals surface area contributed by atoms with Crippen LogP contribution in [0.3, 0.4) is 0 Å². The van der Waals surface area contributed by atoms with E-state index in [1.165, 1.54) is 12.3 Å². The van der Waals surface area contributed by atoms with Crippen LogP contribution < -0.4 is 15.5 Å². The maximum atomic E-state index is 13.5. The van der Waals surface area contributed by atoms with Crippen LogP contribution in [0.5, 0.6) is 0 Å². The van der Waals surface area contributed by atoms with Gasteiger partial charge < -0.3 is 15.5 Å². The number of fused-ring (bicyclic) bond motifs is 4. The molecule has 2 N–H and O–H groups in total. The van der Waals surface area contributed by atoms with Crippen molar-refractivity contribution in [1.82, 2.24) is 15.2 Å². The number of pyridine rings is 1. The van der Waals surface area contributed by atoms with E-state index in [0.717, 1.165) is 43.7 Å². The maximum absolute atomic E-state index is 13.5. The second-order valence-corrected chi connectivity index (χ2v) is 6.70. The molecule has 2 unspecified atom stereocenters. The molecular weight excluding hydrogens is 331 g/mol. The summed E-state index contributed by atoms with van der Waals surface area (Å²) in [6.07, 6.45) is 4.76. The van der Waals surface area contributed by atoms with Gasteiger partial charge in [-0.15, -0.1) is 10.2 Å². The second kappa shape index (κ2) is 6.05. The summed E-state index contributed by atoms with van der Waals surface area (Å²) in [5, 5.41) is 8.08. The van der Waals surface area contributed by atoms with Crippen LogP contribution in [-0.2, 0) is 0 Å². The normalized spacial score (nSPS) is 23.4. The molecule has 3 fully saturated rings. The van der Waals surface area contributed by atoms with Crippen LogP contribution in [0.4, 0.5) is 21.6 Å². The Morgan fingerprint density at radius 2 is 1.88 bits per heavy atom. The van der Waals surface area contributed by atoms with Crippen LogP contribution in [0.2, 0.25) is 5.15 Å². The van der Waals surface area contributed by atoms with Crippen molar-refractivity contribution < 1.29 is 4.39 Å². The molecule has 2 bridgehead atoms. The first-order valence-corrected chi connectivity index (χ1v) is 8.43. The Hall–Kier alpha value is -2.15. The summed E-state index contributed by atoms with van der Waals surface area (Å²) in [6.45, 7) is 1.62. The molecule has 24 heavy (non-hydrogen) atoms. The zero-order valence-electron chi connectivity index (χ0n) is 13.1. The number of hydrogen-bond donors (Lipinski definition) is 1. The zero-order chi connectivity index (χ0) is 16.7. The predicted molar refractivity (Wildman–Crippen MR) is 91.8 cm³/mol. The summed E-state index contributed by atoms with van der Waals surface area (Å²) < 4.78 is 13.5. The Morgan fingerprint density at radius 3 is 2.67 bits per heavy atom. The Kier molecular flexibility index (Phi) is 3.88. The molecule has 0 saturated carbocycles. The highest BCUT2D eigenvalue weighted by atomic mass is 35.5. The molecule has 8 heteroatoms. The molecule has 0 spiro atoms. The molecule has 5 rings (SSSR count). The summed E-state index contributed by atoms with van der Waals surface area (Å²) in [4.78, 5) is 8.22. The molecule has 0 aromatic carbocycles. The Balaban J connectivity index is 1.66. The Bertz CT molecular complexity index is 757. The first-order chi connectivity index (χ1) is 11.6. The second-order valence-electron chi connectivity index (χ2n) is 6.32. The van der Waals surface area contributed by atoms with Crippen LogP contribution in [0.15, 0.2) is 24.4 Å². The van der Waals surface area contributed by atoms with Gasteiger partial charge in [-0.3, -0.25) is 0 Å². The van der Waals surface area contributed by atoms with Gasteiger partial charge in [0.15, 0.2) is 11.0 Å². The molecule has 2 aromatic heterocycles. The molecule has 3 aliphatic heterocycles. The lowest BCUT2D eigenvalue weighted by Crippen LogP contribution is -2.57. The smallest absolute Gasteiger partial charge is 0.214 e. The summed E-state index contributed by atoms with van der Waals surface area (Å²) >= 11 is 6.01. The van der Waals surface area contributed by atoms with Crippen LogP contribution in [-0.4, -0.2) is 40.4 Å². The standard InChI is InChI=1S/C16H18ClFN6/c17-14-7-13(16(19)22-21-14)24-9-11-2-1-3-12(24)8-23(11)10-4-5-20-15(18)6-10/h4-7,11-12H,1-3,8-9H2,(H2,19,22). The molecule has 6 nitrogen and oxygen atoms in total. The van der Waals surface area contributed by atoms with E-state index < -0.39 is 5.95 Å². The van der Waals surface area contributed by atoms with E-state index in [1.54, 1.807) is 6.07 Å². The van der Waals surface area contributed by atoms with Gasteiger partial charge in [0.05, 0.1) is 5.69 Å². The fourth-order valence-corrected chi connectivity index (χ4v) is 3.95. The summed E-state index contributed by atoms with van der Waals surface area (Å²) in [7, 11) is 0. The third-order valence-corrected chi connectivity index (χ3v) is 5.08. The number of piperazine rings is 1. The van der Waals surface area contributed by atoms with Gasteiger partial charge in [0, 0.05) is 49.2 Å². The average Bonchev–Trinajstić information content (AvgIpc) is 2.90. The third kappa shape index (κ3) is 2.73. The van der Waals surface area contributed by atoms with Gasteiger partial charge in [0.2, 0.25) is 5.95 Å². The van der Waals surface area contributed by atoms with E-state index in [9.17, 15) is 4.39 Å². The molecule has 0 aliphatic carbocycles. The van der Waals surface area contributed by atoms with Gasteiger partial charge in [-0.25, -0.2) is 4.98 Å². The van der Waals surface area contributed by atoms with Crippen molar-refractivity contribution in [2.24, 2.45) is 0 Å². The highest BCUT2D eigenvalue weighted by Gasteiger charge is 2.37. The van der Waals surface area contributed by atoms with Gasteiger partial charge >= 0.3 is 0 Å². The van der Waals surface area contributed by atoms with Gasteiger partial charge in [-0.1, -0.05) is 11.6 Å². The van der Waals surface area contributed by atoms with Crippen molar-refractivity contribution in [2.45, 2.75) is 31.3 Å². The fourth-order valence-electron chi connectivity index (χ4n) is 3.81. The number of nitrogens with two attached hydrogens (primary N) is 1. The van der Waals surface area contributed by atoms with E-state index in [-0.39, 0.29) is 12.1 Å². The minimum absolute atomic E-state index is 0.280. The first kappa shape index (κ1) is 15.4. The predicted octanol–water partition coefficient (Wildman–Crippen LogP) is 2.49. The maximum Gasteiger partial charge on any atom is 0.214 e. The number of anilines is 3. The van der Waals surface area contributed by atoms with Gasteiger partial charge in [0.1, 0.15) is 0 Å². The van der Waals surface area contributed by atoms with E-state index in [0.29, 0.717) is 11.0 Å². The van der Waals surface area contributed by atoms with Crippen LogP contribution in [0.25, 0.3) is 0 Å². The summed E-state index contributed by atoms with van der Waals surface area (Å²) in [6, 6.07) is 5.72. The lowest BCUT2D eigenvalue weighted by molar-refractivity contribution is 0.479. The molecule has 0 amide bonds. The molecule has 3 saturated heterocycles. The number of nitrogens with zero attached hydrogens (tertiary/aromatic N) is 5. The Labute approximate surface area is 144 Å². The van der Waals surface area contributed by atoms with Crippen molar-refractivity contribution in [2.75, 3.05) is 28.6 Å². The molecular formula is C16H18ClFN6. The molecule has 0 radical (unpaired) electrons. The van der Waals surface area contributed by atoms with Crippen LogP contribution in [0.1, 0.15) is 19.3 Å². The molecule has 126 valence electrons. The monoisotopic (exact) mass is 348 g/mol. The molecule has 5 heterocycles. The minimum Gasteiger partial charge on any atom is -0.380 e. The highest BCUT2D eigenvalue weighted by molar-refractivity contribution is 6.29. The van der Waals surface area contributed by atoms with Gasteiger partial charge in [-0.05, 0) is 25.3 Å². The topological polar surface area (TPSA) is 71.2 Å². The highest BCUT2D eigenvalue weighted by Crippen LogP contribution is 2.36. The quantitative estimate of drug-likeness (QED) is 0.841. The van der Waals surface area contributed by atoms with Gasteiger partial charge in [0.25, 0.3) is 0 Å². The first-order valence-electron chi connectivity index (χ1n) is 8.05. The number of hydrogen-bond acceptors (Lipinski definition) is 6. The van der Waals surface area contributed by atoms with Crippen molar-refractivity contribution in [1.29, 1.82) is 0 Å². The van der Waals surface area contributed by atoms with Crippen molar-refractivity contribution in [3.05, 3.63) is 35.5 Å². The number of nitrogen functional groups attached to an aromatic ring is 1.